The van der Waals surface area contributed by atoms with E-state index in [1.807, 2.05) is 0 Å². The van der Waals surface area contributed by atoms with Crippen LogP contribution in [0, 0.1) is 0 Å². The van der Waals surface area contributed by atoms with Crippen LogP contribution in [0.2, 0.25) is 0 Å². The maximum Gasteiger partial charge on any atom is 0.402 e. The van der Waals surface area contributed by atoms with E-state index in [1.54, 1.807) is 0 Å². The second-order valence-electron chi connectivity index (χ2n) is 10.5. The van der Waals surface area contributed by atoms with Crippen molar-refractivity contribution in [3.8, 4) is 0 Å². The summed E-state index contributed by atoms with van der Waals surface area (Å²) < 4.78 is 54.4. The number of hydrogen-bond donors (Lipinski definition) is 0. The van der Waals surface area contributed by atoms with Crippen molar-refractivity contribution in [2.45, 2.75) is 32.4 Å². The molecule has 13 heteroatoms. The third-order valence-corrected chi connectivity index (χ3v) is 7.46. The van der Waals surface area contributed by atoms with Crippen LogP contribution < -0.4 is 0 Å². The van der Waals surface area contributed by atoms with Crippen LogP contribution in [-0.2, 0) is 24.5 Å². The van der Waals surface area contributed by atoms with Crippen molar-refractivity contribution in [2.24, 2.45) is 0 Å². The number of carbonyl (C=O) groups is 6. The Kier molecular flexibility index (Phi) is 8.36. The fourth-order valence-corrected chi connectivity index (χ4v) is 4.81. The van der Waals surface area contributed by atoms with E-state index in [9.17, 15) is 41.9 Å². The molecule has 0 aromatic heterocycles. The number of alkyl halides is 3. The van der Waals surface area contributed by atoms with E-state index in [0.717, 1.165) is 53.1 Å². The largest absolute Gasteiger partial charge is 0.460 e. The van der Waals surface area contributed by atoms with E-state index >= 15 is 0 Å². The molecule has 0 saturated carbocycles. The smallest absolute Gasteiger partial charge is 0.402 e. The summed E-state index contributed by atoms with van der Waals surface area (Å²) in [6.45, 7) is 9.25. The zero-order valence-corrected chi connectivity index (χ0v) is 24.0. The Bertz CT molecular complexity index is 1550. The summed E-state index contributed by atoms with van der Waals surface area (Å²) >= 11 is 0. The molecule has 230 valence electrons. The van der Waals surface area contributed by atoms with Crippen molar-refractivity contribution in [3.05, 3.63) is 94.1 Å². The van der Waals surface area contributed by atoms with Crippen LogP contribution in [0.1, 0.15) is 73.3 Å². The molecule has 4 rings (SSSR count). The molecule has 44 heavy (non-hydrogen) atoms. The summed E-state index contributed by atoms with van der Waals surface area (Å²) in [5.74, 6) is -4.69. The van der Waals surface area contributed by atoms with Gasteiger partial charge in [0.05, 0.1) is 35.3 Å². The SMILES string of the molecule is C=C(C)C(=O)OCCN1C(=O)c2ccc(C(C)(c3ccc4c(c3)C(=O)N(CCOC(=O)C(=C)C)C4=O)C(F)(F)F)cc2C1=O. The molecule has 2 aromatic rings. The van der Waals surface area contributed by atoms with Crippen LogP contribution in [0.25, 0.3) is 0 Å². The number of rotatable bonds is 10. The summed E-state index contributed by atoms with van der Waals surface area (Å²) in [6.07, 6.45) is -4.96. The average molecular weight is 613 g/mol. The van der Waals surface area contributed by atoms with Gasteiger partial charge in [-0.3, -0.25) is 29.0 Å². The van der Waals surface area contributed by atoms with Crippen molar-refractivity contribution in [1.82, 2.24) is 9.80 Å². The van der Waals surface area contributed by atoms with Crippen LogP contribution in [0.3, 0.4) is 0 Å². The lowest BCUT2D eigenvalue weighted by Gasteiger charge is -2.33. The lowest BCUT2D eigenvalue weighted by molar-refractivity contribution is -0.173. The lowest BCUT2D eigenvalue weighted by Crippen LogP contribution is -2.41. The zero-order chi connectivity index (χ0) is 32.7. The van der Waals surface area contributed by atoms with E-state index < -0.39 is 47.2 Å². The highest BCUT2D eigenvalue weighted by Crippen LogP contribution is 2.47. The highest BCUT2D eigenvalue weighted by atomic mass is 19.4. The first-order valence-corrected chi connectivity index (χ1v) is 13.2. The average Bonchev–Trinajstić information content (AvgIpc) is 3.35. The van der Waals surface area contributed by atoms with Gasteiger partial charge >= 0.3 is 18.1 Å². The molecule has 2 aromatic carbocycles. The van der Waals surface area contributed by atoms with Crippen LogP contribution in [0.15, 0.2) is 60.7 Å². The number of amides is 4. The number of halogens is 3. The molecule has 0 aliphatic carbocycles. The summed E-state index contributed by atoms with van der Waals surface area (Å²) in [5, 5.41) is 0. The molecule has 10 nitrogen and oxygen atoms in total. The van der Waals surface area contributed by atoms with Crippen molar-refractivity contribution in [3.63, 3.8) is 0 Å². The van der Waals surface area contributed by atoms with Gasteiger partial charge in [-0.15, -0.1) is 0 Å². The predicted octanol–water partition coefficient (Wildman–Crippen LogP) is 3.99. The number of nitrogens with zero attached hydrogens (tertiary/aromatic N) is 2. The molecule has 2 heterocycles. The van der Waals surface area contributed by atoms with Gasteiger partial charge < -0.3 is 9.47 Å². The molecule has 0 N–H and O–H groups in total. The van der Waals surface area contributed by atoms with Gasteiger partial charge in [-0.25, -0.2) is 9.59 Å². The summed E-state index contributed by atoms with van der Waals surface area (Å²) in [4.78, 5) is 76.6. The molecule has 0 atom stereocenters. The molecule has 0 radical (unpaired) electrons. The van der Waals surface area contributed by atoms with Gasteiger partial charge in [0.2, 0.25) is 0 Å². The number of imide groups is 2. The van der Waals surface area contributed by atoms with Gasteiger partial charge in [-0.2, -0.15) is 13.2 Å². The molecule has 4 amide bonds. The second-order valence-corrected chi connectivity index (χ2v) is 10.5. The molecule has 0 unspecified atom stereocenters. The minimum Gasteiger partial charge on any atom is -0.460 e. The van der Waals surface area contributed by atoms with Gasteiger partial charge in [0, 0.05) is 11.1 Å². The molecule has 2 aliphatic rings. The number of hydrogen-bond acceptors (Lipinski definition) is 8. The third kappa shape index (κ3) is 5.40. The second kappa shape index (κ2) is 11.5. The Morgan fingerprint density at radius 1 is 0.682 bits per heavy atom. The fourth-order valence-electron chi connectivity index (χ4n) is 4.81. The van der Waals surface area contributed by atoms with Gasteiger partial charge in [0.1, 0.15) is 18.6 Å². The quantitative estimate of drug-likeness (QED) is 0.224. The zero-order valence-electron chi connectivity index (χ0n) is 24.0. The van der Waals surface area contributed by atoms with Crippen molar-refractivity contribution >= 4 is 35.6 Å². The molecular weight excluding hydrogens is 585 g/mol. The molecule has 0 fully saturated rings. The first-order chi connectivity index (χ1) is 20.5. The van der Waals surface area contributed by atoms with Crippen LogP contribution in [-0.4, -0.2) is 77.8 Å². The Hall–Kier alpha value is -5.07. The number of fused-ring (bicyclic) bond motifs is 2. The fraction of sp³-hybridized carbons (Fsp3) is 0.290. The topological polar surface area (TPSA) is 127 Å². The van der Waals surface area contributed by atoms with Crippen molar-refractivity contribution in [2.75, 3.05) is 26.3 Å². The van der Waals surface area contributed by atoms with E-state index in [1.165, 1.54) is 13.8 Å². The number of carbonyl (C=O) groups excluding carboxylic acids is 6. The van der Waals surface area contributed by atoms with Gasteiger partial charge in [0.15, 0.2) is 0 Å². The van der Waals surface area contributed by atoms with E-state index in [-0.39, 0.29) is 70.8 Å². The van der Waals surface area contributed by atoms with E-state index in [2.05, 4.69) is 13.2 Å². The summed E-state index contributed by atoms with van der Waals surface area (Å²) in [7, 11) is 0. The molecule has 2 aliphatic heterocycles. The minimum atomic E-state index is -4.96. The lowest BCUT2D eigenvalue weighted by atomic mass is 9.74. The first-order valence-electron chi connectivity index (χ1n) is 13.2. The van der Waals surface area contributed by atoms with Crippen molar-refractivity contribution < 1.29 is 51.4 Å². The molecule has 0 bridgehead atoms. The van der Waals surface area contributed by atoms with Crippen LogP contribution in [0.5, 0.6) is 0 Å². The van der Waals surface area contributed by atoms with Gasteiger partial charge in [-0.05, 0) is 56.2 Å². The maximum atomic E-state index is 14.9. The Morgan fingerprint density at radius 2 is 1.02 bits per heavy atom. The van der Waals surface area contributed by atoms with Crippen molar-refractivity contribution in [1.29, 1.82) is 0 Å². The third-order valence-electron chi connectivity index (χ3n) is 7.46. The first kappa shape index (κ1) is 31.9. The summed E-state index contributed by atoms with van der Waals surface area (Å²) in [5.41, 5.74) is -4.11. The summed E-state index contributed by atoms with van der Waals surface area (Å²) in [6, 6.07) is 6.33. The maximum absolute atomic E-state index is 14.9. The Balaban J connectivity index is 1.64. The predicted molar refractivity (Wildman–Crippen MR) is 148 cm³/mol. The molecule has 0 spiro atoms. The Labute approximate surface area is 249 Å². The normalized spacial score (nSPS) is 14.5. The van der Waals surface area contributed by atoms with E-state index in [4.69, 9.17) is 9.47 Å². The number of benzene rings is 2. The van der Waals surface area contributed by atoms with Crippen LogP contribution >= 0.6 is 0 Å². The highest BCUT2D eigenvalue weighted by molar-refractivity contribution is 6.22. The molecular formula is C31H27F3N2O8. The standard InChI is InChI=1S/C31H27F3N2O8/c1-16(2)28(41)43-12-10-35-24(37)20-8-6-18(14-22(20)26(35)39)30(5,31(32,33)34)19-7-9-21-23(15-19)27(40)36(25(21)38)11-13-44-29(42)17(3)4/h6-9,14-15H,1,3,10-13H2,2,4-5H3. The van der Waals surface area contributed by atoms with E-state index in [0.29, 0.717) is 0 Å². The number of esters is 2. The minimum absolute atomic E-state index is 0.109. The van der Waals surface area contributed by atoms with Gasteiger partial charge in [-0.1, -0.05) is 25.3 Å². The molecule has 0 saturated heterocycles. The monoisotopic (exact) mass is 612 g/mol. The highest BCUT2D eigenvalue weighted by Gasteiger charge is 2.55. The number of ether oxygens (including phenoxy) is 2. The van der Waals surface area contributed by atoms with Crippen LogP contribution in [0.4, 0.5) is 13.2 Å². The van der Waals surface area contributed by atoms with Gasteiger partial charge in [0.25, 0.3) is 23.6 Å². The Morgan fingerprint density at radius 3 is 1.34 bits per heavy atom.